The molecule has 2 aromatic heterocycles. The van der Waals surface area contributed by atoms with Crippen LogP contribution in [0.2, 0.25) is 0 Å². The lowest BCUT2D eigenvalue weighted by molar-refractivity contribution is 0.414. The minimum Gasteiger partial charge on any atom is -0.497 e. The summed E-state index contributed by atoms with van der Waals surface area (Å²) in [5.41, 5.74) is 2.95. The zero-order valence-electron chi connectivity index (χ0n) is 15.9. The Morgan fingerprint density at radius 3 is 2.61 bits per heavy atom. The quantitative estimate of drug-likeness (QED) is 0.495. The van der Waals surface area contributed by atoms with Gasteiger partial charge in [0, 0.05) is 23.1 Å². The van der Waals surface area contributed by atoms with Crippen molar-refractivity contribution >= 4 is 11.0 Å². The van der Waals surface area contributed by atoms with E-state index in [1.807, 2.05) is 24.3 Å². The molecule has 0 saturated heterocycles. The molecule has 0 bridgehead atoms. The van der Waals surface area contributed by atoms with Crippen LogP contribution in [0.5, 0.6) is 5.75 Å². The summed E-state index contributed by atoms with van der Waals surface area (Å²) in [5.74, 6) is 1.64. The number of tetrazole rings is 1. The van der Waals surface area contributed by atoms with Crippen molar-refractivity contribution in [3.8, 4) is 17.1 Å². The van der Waals surface area contributed by atoms with E-state index in [4.69, 9.17) is 9.15 Å². The van der Waals surface area contributed by atoms with Gasteiger partial charge in [-0.15, -0.1) is 10.2 Å². The van der Waals surface area contributed by atoms with Crippen molar-refractivity contribution in [2.45, 2.75) is 26.3 Å². The molecule has 28 heavy (non-hydrogen) atoms. The first-order chi connectivity index (χ1) is 13.5. The molecule has 0 fully saturated rings. The van der Waals surface area contributed by atoms with E-state index >= 15 is 0 Å². The fourth-order valence-corrected chi connectivity index (χ4v) is 3.06. The Labute approximate surface area is 161 Å². The zero-order valence-corrected chi connectivity index (χ0v) is 15.9. The number of rotatable bonds is 5. The highest BCUT2D eigenvalue weighted by Gasteiger charge is 2.11. The lowest BCUT2D eigenvalue weighted by Gasteiger charge is -2.06. The second-order valence-electron chi connectivity index (χ2n) is 6.87. The number of aromatic nitrogens is 4. The highest BCUT2D eigenvalue weighted by molar-refractivity contribution is 5.81. The third kappa shape index (κ3) is 3.51. The van der Waals surface area contributed by atoms with Crippen LogP contribution in [0, 0.1) is 0 Å². The number of ether oxygens (including phenoxy) is 1. The van der Waals surface area contributed by atoms with Crippen molar-refractivity contribution in [1.82, 2.24) is 20.2 Å². The Balaban J connectivity index is 1.64. The van der Waals surface area contributed by atoms with Gasteiger partial charge in [-0.25, -0.2) is 4.79 Å². The molecule has 0 spiro atoms. The number of hydrogen-bond donors (Lipinski definition) is 0. The average molecular weight is 376 g/mol. The molecule has 0 saturated carbocycles. The van der Waals surface area contributed by atoms with Crippen molar-refractivity contribution < 1.29 is 9.15 Å². The maximum Gasteiger partial charge on any atom is 0.336 e. The summed E-state index contributed by atoms with van der Waals surface area (Å²) in [4.78, 5) is 13.4. The number of hydrogen-bond acceptors (Lipinski definition) is 6. The van der Waals surface area contributed by atoms with E-state index in [0.717, 1.165) is 16.5 Å². The Morgan fingerprint density at radius 2 is 1.89 bits per heavy atom. The van der Waals surface area contributed by atoms with E-state index in [1.165, 1.54) is 16.4 Å². The first-order valence-corrected chi connectivity index (χ1v) is 9.02. The molecule has 0 aliphatic carbocycles. The molecule has 7 heteroatoms. The minimum absolute atomic E-state index is 0.311. The molecule has 0 aliphatic rings. The zero-order chi connectivity index (χ0) is 19.7. The molecule has 7 nitrogen and oxygen atoms in total. The Morgan fingerprint density at radius 1 is 1.11 bits per heavy atom. The van der Waals surface area contributed by atoms with Gasteiger partial charge in [0.05, 0.1) is 13.7 Å². The molecule has 0 atom stereocenters. The Bertz CT molecular complexity index is 1180. The van der Waals surface area contributed by atoms with Gasteiger partial charge in [-0.05, 0) is 34.4 Å². The van der Waals surface area contributed by atoms with Crippen LogP contribution in [0.25, 0.3) is 22.4 Å². The van der Waals surface area contributed by atoms with E-state index < -0.39 is 5.63 Å². The monoisotopic (exact) mass is 376 g/mol. The van der Waals surface area contributed by atoms with Crippen LogP contribution in [0.15, 0.2) is 57.7 Å². The molecule has 4 rings (SSSR count). The normalized spacial score (nSPS) is 11.3. The molecule has 0 unspecified atom stereocenters. The molecular weight excluding hydrogens is 356 g/mol. The maximum absolute atomic E-state index is 11.9. The molecule has 2 aromatic carbocycles. The van der Waals surface area contributed by atoms with Gasteiger partial charge < -0.3 is 9.15 Å². The number of fused-ring (bicyclic) bond motifs is 1. The molecular formula is C21H20N4O3. The third-order valence-corrected chi connectivity index (χ3v) is 4.64. The van der Waals surface area contributed by atoms with Crippen molar-refractivity contribution in [3.05, 3.63) is 70.1 Å². The molecule has 4 aromatic rings. The van der Waals surface area contributed by atoms with Crippen LogP contribution >= 0.6 is 0 Å². The highest BCUT2D eigenvalue weighted by atomic mass is 16.5. The van der Waals surface area contributed by atoms with Crippen LogP contribution in [0.3, 0.4) is 0 Å². The van der Waals surface area contributed by atoms with Crippen LogP contribution in [-0.2, 0) is 6.54 Å². The second-order valence-corrected chi connectivity index (χ2v) is 6.87. The summed E-state index contributed by atoms with van der Waals surface area (Å²) in [5, 5.41) is 13.5. The largest absolute Gasteiger partial charge is 0.497 e. The second kappa shape index (κ2) is 7.26. The predicted octanol–water partition coefficient (Wildman–Crippen LogP) is 3.63. The van der Waals surface area contributed by atoms with Gasteiger partial charge in [-0.2, -0.15) is 4.80 Å². The lowest BCUT2D eigenvalue weighted by atomic mass is 10.0. The van der Waals surface area contributed by atoms with Crippen LogP contribution in [0.1, 0.15) is 30.9 Å². The summed E-state index contributed by atoms with van der Waals surface area (Å²) in [6, 6.07) is 15.0. The topological polar surface area (TPSA) is 83.0 Å². The summed E-state index contributed by atoms with van der Waals surface area (Å²) in [6.45, 7) is 4.62. The van der Waals surface area contributed by atoms with Crippen molar-refractivity contribution in [2.75, 3.05) is 7.11 Å². The van der Waals surface area contributed by atoms with Crippen molar-refractivity contribution in [1.29, 1.82) is 0 Å². The lowest BCUT2D eigenvalue weighted by Crippen LogP contribution is -2.08. The van der Waals surface area contributed by atoms with Gasteiger partial charge in [0.1, 0.15) is 11.3 Å². The van der Waals surface area contributed by atoms with Crippen LogP contribution in [0.4, 0.5) is 0 Å². The highest BCUT2D eigenvalue weighted by Crippen LogP contribution is 2.23. The molecule has 142 valence electrons. The summed E-state index contributed by atoms with van der Waals surface area (Å²) in [7, 11) is 1.57. The number of benzene rings is 2. The summed E-state index contributed by atoms with van der Waals surface area (Å²) >= 11 is 0. The van der Waals surface area contributed by atoms with Gasteiger partial charge >= 0.3 is 5.63 Å². The van der Waals surface area contributed by atoms with E-state index in [-0.39, 0.29) is 0 Å². The van der Waals surface area contributed by atoms with Gasteiger partial charge in [0.2, 0.25) is 5.82 Å². The molecule has 0 radical (unpaired) electrons. The first kappa shape index (κ1) is 17.9. The number of methoxy groups -OCH3 is 1. The summed E-state index contributed by atoms with van der Waals surface area (Å²) < 4.78 is 10.5. The molecule has 2 heterocycles. The Kier molecular flexibility index (Phi) is 4.65. The fourth-order valence-electron chi connectivity index (χ4n) is 3.06. The standard InChI is InChI=1S/C21H20N4O3/c1-13(2)14-4-6-15(7-5-14)21-22-24-25(23-21)12-16-10-20(26)28-19-11-17(27-3)8-9-18(16)19/h4-11,13H,12H2,1-3H3. The van der Waals surface area contributed by atoms with Crippen LogP contribution < -0.4 is 10.4 Å². The maximum atomic E-state index is 11.9. The van der Waals surface area contributed by atoms with E-state index in [2.05, 4.69) is 41.4 Å². The van der Waals surface area contributed by atoms with Crippen molar-refractivity contribution in [3.63, 3.8) is 0 Å². The number of nitrogens with zero attached hydrogens (tertiary/aromatic N) is 4. The fraction of sp³-hybridized carbons (Fsp3) is 0.238. The SMILES string of the molecule is COc1ccc2c(Cn3nnc(-c4ccc(C(C)C)cc4)n3)cc(=O)oc2c1. The van der Waals surface area contributed by atoms with Gasteiger partial charge in [0.15, 0.2) is 0 Å². The smallest absolute Gasteiger partial charge is 0.336 e. The van der Waals surface area contributed by atoms with Gasteiger partial charge in [-0.1, -0.05) is 38.1 Å². The van der Waals surface area contributed by atoms with E-state index in [9.17, 15) is 4.79 Å². The third-order valence-electron chi connectivity index (χ3n) is 4.64. The first-order valence-electron chi connectivity index (χ1n) is 9.02. The van der Waals surface area contributed by atoms with Crippen LogP contribution in [-0.4, -0.2) is 27.3 Å². The van der Waals surface area contributed by atoms with Gasteiger partial charge in [0.25, 0.3) is 0 Å². The molecule has 0 amide bonds. The Hall–Kier alpha value is -3.48. The van der Waals surface area contributed by atoms with E-state index in [0.29, 0.717) is 29.6 Å². The van der Waals surface area contributed by atoms with Gasteiger partial charge in [-0.3, -0.25) is 0 Å². The molecule has 0 N–H and O–H groups in total. The molecule has 0 aliphatic heterocycles. The minimum atomic E-state index is -0.430. The van der Waals surface area contributed by atoms with Crippen molar-refractivity contribution in [2.24, 2.45) is 0 Å². The predicted molar refractivity (Wildman–Crippen MR) is 105 cm³/mol. The summed E-state index contributed by atoms with van der Waals surface area (Å²) in [6.07, 6.45) is 0. The average Bonchev–Trinajstić information content (AvgIpc) is 3.16. The van der Waals surface area contributed by atoms with E-state index in [1.54, 1.807) is 13.2 Å².